The predicted molar refractivity (Wildman–Crippen MR) is 87.2 cm³/mol. The van der Waals surface area contributed by atoms with E-state index in [2.05, 4.69) is 11.9 Å². The number of sulfonamides is 1. The third kappa shape index (κ3) is 4.17. The molecule has 0 spiro atoms. The van der Waals surface area contributed by atoms with Crippen LogP contribution in [0.2, 0.25) is 0 Å². The van der Waals surface area contributed by atoms with Gasteiger partial charge in [-0.15, -0.1) is 4.41 Å². The SMILES string of the molecule is C=CC(=O)Nc1ccc(S(=O)(=O)N(CC)N2CCOCC2)cc1. The molecule has 1 amide bonds. The molecule has 0 unspecified atom stereocenters. The molecule has 0 radical (unpaired) electrons. The number of hydrogen-bond donors (Lipinski definition) is 1. The molecule has 1 aliphatic rings. The van der Waals surface area contributed by atoms with Crippen molar-refractivity contribution >= 4 is 21.6 Å². The van der Waals surface area contributed by atoms with Crippen molar-refractivity contribution in [1.29, 1.82) is 0 Å². The maximum absolute atomic E-state index is 12.8. The van der Waals surface area contributed by atoms with Crippen LogP contribution >= 0.6 is 0 Å². The first-order chi connectivity index (χ1) is 11.0. The van der Waals surface area contributed by atoms with E-state index in [0.29, 0.717) is 38.5 Å². The molecule has 1 aromatic rings. The summed E-state index contributed by atoms with van der Waals surface area (Å²) in [5.74, 6) is -0.343. The predicted octanol–water partition coefficient (Wildman–Crippen LogP) is 1.07. The van der Waals surface area contributed by atoms with Crippen LogP contribution in [0.15, 0.2) is 41.8 Å². The van der Waals surface area contributed by atoms with Gasteiger partial charge in [0.15, 0.2) is 0 Å². The van der Waals surface area contributed by atoms with Gasteiger partial charge in [-0.2, -0.15) is 0 Å². The third-order valence-corrected chi connectivity index (χ3v) is 5.37. The van der Waals surface area contributed by atoms with Gasteiger partial charge in [-0.05, 0) is 37.3 Å². The summed E-state index contributed by atoms with van der Waals surface area (Å²) in [4.78, 5) is 11.4. The molecule has 23 heavy (non-hydrogen) atoms. The Balaban J connectivity index is 2.20. The maximum atomic E-state index is 12.8. The normalized spacial score (nSPS) is 16.3. The number of amides is 1. The number of hydrazine groups is 1. The lowest BCUT2D eigenvalue weighted by molar-refractivity contribution is -0.111. The van der Waals surface area contributed by atoms with E-state index < -0.39 is 10.0 Å². The van der Waals surface area contributed by atoms with E-state index in [4.69, 9.17) is 4.74 Å². The van der Waals surface area contributed by atoms with Gasteiger partial charge < -0.3 is 10.1 Å². The van der Waals surface area contributed by atoms with Crippen molar-refractivity contribution in [2.24, 2.45) is 0 Å². The summed E-state index contributed by atoms with van der Waals surface area (Å²) < 4.78 is 32.2. The number of benzene rings is 1. The zero-order chi connectivity index (χ0) is 16.9. The molecule has 2 rings (SSSR count). The summed E-state index contributed by atoms with van der Waals surface area (Å²) in [6.07, 6.45) is 1.15. The number of anilines is 1. The van der Waals surface area contributed by atoms with Crippen LogP contribution < -0.4 is 5.32 Å². The number of nitrogens with one attached hydrogen (secondary N) is 1. The Morgan fingerprint density at radius 2 is 1.96 bits per heavy atom. The lowest BCUT2D eigenvalue weighted by Gasteiger charge is -2.35. The standard InChI is InChI=1S/C15H21N3O4S/c1-3-15(19)16-13-5-7-14(8-6-13)23(20,21)18(4-2)17-9-11-22-12-10-17/h3,5-8H,1,4,9-12H2,2H3,(H,16,19). The fourth-order valence-electron chi connectivity index (χ4n) is 2.32. The van der Waals surface area contributed by atoms with Gasteiger partial charge in [0.1, 0.15) is 0 Å². The minimum Gasteiger partial charge on any atom is -0.379 e. The molecule has 1 aliphatic heterocycles. The van der Waals surface area contributed by atoms with Crippen LogP contribution in [0, 0.1) is 0 Å². The van der Waals surface area contributed by atoms with E-state index in [9.17, 15) is 13.2 Å². The Bertz CT molecular complexity index is 652. The van der Waals surface area contributed by atoms with E-state index in [1.54, 1.807) is 24.1 Å². The van der Waals surface area contributed by atoms with Crippen molar-refractivity contribution in [3.8, 4) is 0 Å². The van der Waals surface area contributed by atoms with Crippen molar-refractivity contribution in [3.05, 3.63) is 36.9 Å². The Kier molecular flexibility index (Phi) is 5.89. The van der Waals surface area contributed by atoms with Crippen molar-refractivity contribution in [2.75, 3.05) is 38.2 Å². The minimum atomic E-state index is -3.63. The molecule has 1 fully saturated rings. The van der Waals surface area contributed by atoms with Gasteiger partial charge in [-0.3, -0.25) is 4.79 Å². The van der Waals surface area contributed by atoms with E-state index in [1.807, 2.05) is 0 Å². The number of rotatable bonds is 6. The van der Waals surface area contributed by atoms with Gasteiger partial charge in [0.2, 0.25) is 5.91 Å². The Morgan fingerprint density at radius 3 is 2.48 bits per heavy atom. The molecule has 0 saturated carbocycles. The largest absolute Gasteiger partial charge is 0.379 e. The van der Waals surface area contributed by atoms with Gasteiger partial charge in [0.25, 0.3) is 10.0 Å². The number of ether oxygens (including phenoxy) is 1. The summed E-state index contributed by atoms with van der Waals surface area (Å²) in [6, 6.07) is 6.08. The van der Waals surface area contributed by atoms with Gasteiger partial charge in [0, 0.05) is 25.3 Å². The zero-order valence-corrected chi connectivity index (χ0v) is 13.9. The van der Waals surface area contributed by atoms with Crippen LogP contribution in [0.5, 0.6) is 0 Å². The van der Waals surface area contributed by atoms with Crippen molar-refractivity contribution in [2.45, 2.75) is 11.8 Å². The van der Waals surface area contributed by atoms with Gasteiger partial charge in [-0.1, -0.05) is 6.58 Å². The lowest BCUT2D eigenvalue weighted by Crippen LogP contribution is -2.51. The molecular formula is C15H21N3O4S. The van der Waals surface area contributed by atoms with E-state index in [0.717, 1.165) is 6.08 Å². The van der Waals surface area contributed by atoms with Gasteiger partial charge >= 0.3 is 0 Å². The summed E-state index contributed by atoms with van der Waals surface area (Å²) >= 11 is 0. The quantitative estimate of drug-likeness (QED) is 0.784. The average Bonchev–Trinajstić information content (AvgIpc) is 2.56. The number of hydrogen-bond acceptors (Lipinski definition) is 5. The molecule has 8 heteroatoms. The third-order valence-electron chi connectivity index (χ3n) is 3.46. The molecule has 1 heterocycles. The van der Waals surface area contributed by atoms with Gasteiger partial charge in [-0.25, -0.2) is 13.4 Å². The highest BCUT2D eigenvalue weighted by molar-refractivity contribution is 7.89. The molecule has 1 saturated heterocycles. The monoisotopic (exact) mass is 339 g/mol. The molecule has 0 atom stereocenters. The van der Waals surface area contributed by atoms with Gasteiger partial charge in [0.05, 0.1) is 18.1 Å². The minimum absolute atomic E-state index is 0.183. The first-order valence-electron chi connectivity index (χ1n) is 7.38. The molecule has 0 bridgehead atoms. The van der Waals surface area contributed by atoms with Crippen molar-refractivity contribution in [1.82, 2.24) is 9.42 Å². The molecular weight excluding hydrogens is 318 g/mol. The Morgan fingerprint density at radius 1 is 1.35 bits per heavy atom. The Hall–Kier alpha value is -1.74. The van der Waals surface area contributed by atoms with Crippen LogP contribution in [-0.2, 0) is 19.6 Å². The summed E-state index contributed by atoms with van der Waals surface area (Å²) in [5.41, 5.74) is 0.517. The van der Waals surface area contributed by atoms with E-state index in [1.165, 1.54) is 16.5 Å². The number of carbonyl (C=O) groups is 1. The van der Waals surface area contributed by atoms with Crippen LogP contribution in [0.4, 0.5) is 5.69 Å². The molecule has 0 aromatic heterocycles. The summed E-state index contributed by atoms with van der Waals surface area (Å²) in [6.45, 7) is 7.62. The fraction of sp³-hybridized carbons (Fsp3) is 0.400. The second kappa shape index (κ2) is 7.69. The highest BCUT2D eigenvalue weighted by Crippen LogP contribution is 2.20. The molecule has 126 valence electrons. The molecule has 1 aromatic carbocycles. The molecule has 7 nitrogen and oxygen atoms in total. The highest BCUT2D eigenvalue weighted by atomic mass is 32.2. The first-order valence-corrected chi connectivity index (χ1v) is 8.82. The summed E-state index contributed by atoms with van der Waals surface area (Å²) in [5, 5.41) is 4.37. The number of carbonyl (C=O) groups excluding carboxylic acids is 1. The Labute approximate surface area is 136 Å². The second-order valence-electron chi connectivity index (χ2n) is 4.93. The summed E-state index contributed by atoms with van der Waals surface area (Å²) in [7, 11) is -3.63. The topological polar surface area (TPSA) is 79.0 Å². The lowest BCUT2D eigenvalue weighted by atomic mass is 10.3. The molecule has 0 aliphatic carbocycles. The first kappa shape index (κ1) is 17.6. The van der Waals surface area contributed by atoms with Crippen LogP contribution in [0.25, 0.3) is 0 Å². The van der Waals surface area contributed by atoms with E-state index >= 15 is 0 Å². The number of morpholine rings is 1. The zero-order valence-electron chi connectivity index (χ0n) is 13.1. The maximum Gasteiger partial charge on any atom is 0.255 e. The van der Waals surface area contributed by atoms with Crippen LogP contribution in [-0.4, -0.2) is 56.6 Å². The highest BCUT2D eigenvalue weighted by Gasteiger charge is 2.29. The van der Waals surface area contributed by atoms with Crippen molar-refractivity contribution in [3.63, 3.8) is 0 Å². The van der Waals surface area contributed by atoms with Crippen LogP contribution in [0.1, 0.15) is 6.92 Å². The van der Waals surface area contributed by atoms with Crippen molar-refractivity contribution < 1.29 is 17.9 Å². The number of nitrogens with zero attached hydrogens (tertiary/aromatic N) is 2. The fourth-order valence-corrected chi connectivity index (χ4v) is 3.85. The van der Waals surface area contributed by atoms with E-state index in [-0.39, 0.29) is 10.8 Å². The smallest absolute Gasteiger partial charge is 0.255 e. The second-order valence-corrected chi connectivity index (χ2v) is 6.77. The molecule has 1 N–H and O–H groups in total. The average molecular weight is 339 g/mol. The van der Waals surface area contributed by atoms with Crippen LogP contribution in [0.3, 0.4) is 0 Å².